The Morgan fingerprint density at radius 3 is 2.18 bits per heavy atom. The first-order valence-electron chi connectivity index (χ1n) is 2.63. The second-order valence-electron chi connectivity index (χ2n) is 1.82. The van der Waals surface area contributed by atoms with Crippen molar-refractivity contribution in [2.24, 2.45) is 0 Å². The van der Waals surface area contributed by atoms with Crippen LogP contribution in [-0.4, -0.2) is 18.7 Å². The summed E-state index contributed by atoms with van der Waals surface area (Å²) in [6.07, 6.45) is 0.830. The molecule has 1 aliphatic rings. The van der Waals surface area contributed by atoms with Gasteiger partial charge in [0.05, 0.1) is 12.1 Å². The molecule has 3 nitrogen and oxygen atoms in total. The third-order valence-electron chi connectivity index (χ3n) is 1.19. The maximum Gasteiger partial charge on any atom is 3.00 e. The van der Waals surface area contributed by atoms with Crippen molar-refractivity contribution >= 4 is 5.97 Å². The molecule has 1 saturated heterocycles. The topological polar surface area (TPSA) is 49.4 Å². The summed E-state index contributed by atoms with van der Waals surface area (Å²) < 4.78 is 4.75. The van der Waals surface area contributed by atoms with Crippen molar-refractivity contribution in [1.82, 2.24) is 0 Å². The third-order valence-corrected chi connectivity index (χ3v) is 1.19. The molecule has 0 aliphatic carbocycles. The number of ether oxygens (including phenoxy) is 1. The van der Waals surface area contributed by atoms with Crippen LogP contribution in [-0.2, 0) is 26.6 Å². The largest absolute Gasteiger partial charge is 3.00 e. The van der Waals surface area contributed by atoms with Crippen LogP contribution >= 0.6 is 0 Å². The van der Waals surface area contributed by atoms with Crippen molar-refractivity contribution in [3.05, 3.63) is 0 Å². The maximum absolute atomic E-state index is 9.97. The molecule has 1 heterocycles. The van der Waals surface area contributed by atoms with Gasteiger partial charge in [-0.05, 0) is 12.8 Å². The molecule has 0 aromatic carbocycles. The van der Waals surface area contributed by atoms with Gasteiger partial charge in [-0.2, -0.15) is 0 Å². The Balaban J connectivity index is -0.000000213. The van der Waals surface area contributed by atoms with Crippen molar-refractivity contribution in [2.75, 3.05) is 6.61 Å². The molecule has 1 unspecified atom stereocenters. The third kappa shape index (κ3) is 5.76. The molecule has 0 N–H and O–H groups in total. The molecular weight excluding hydrogens is 234 g/mol. The van der Waals surface area contributed by atoms with Crippen LogP contribution in [0.1, 0.15) is 12.8 Å². The van der Waals surface area contributed by atoms with Crippen molar-refractivity contribution in [2.45, 2.75) is 18.9 Å². The van der Waals surface area contributed by atoms with E-state index in [4.69, 9.17) is 4.74 Å². The monoisotopic (exact) mass is 240 g/mol. The van der Waals surface area contributed by atoms with Gasteiger partial charge in [0.1, 0.15) is 0 Å². The van der Waals surface area contributed by atoms with Crippen LogP contribution in [0, 0.1) is 0 Å². The molecule has 1 aliphatic heterocycles. The normalized spacial score (nSPS) is 20.5. The van der Waals surface area contributed by atoms with Crippen LogP contribution in [0.3, 0.4) is 0 Å². The smallest absolute Gasteiger partial charge is 1.00 e. The molecule has 11 heavy (non-hydrogen) atoms. The fourth-order valence-corrected chi connectivity index (χ4v) is 0.764. The summed E-state index contributed by atoms with van der Waals surface area (Å²) in [5, 5.41) is 9.97. The summed E-state index contributed by atoms with van der Waals surface area (Å²) >= 11 is 0. The van der Waals surface area contributed by atoms with Crippen molar-refractivity contribution in [3.8, 4) is 0 Å². The average Bonchev–Trinajstić information content (AvgIpc) is 2.12. The Morgan fingerprint density at radius 1 is 1.45 bits per heavy atom. The van der Waals surface area contributed by atoms with E-state index < -0.39 is 12.1 Å². The zero-order valence-electron chi connectivity index (χ0n) is 5.56. The van der Waals surface area contributed by atoms with E-state index in [-0.39, 0.29) is 41.9 Å². The number of carboxylic acids is 1. The van der Waals surface area contributed by atoms with Crippen LogP contribution in [0.2, 0.25) is 0 Å². The van der Waals surface area contributed by atoms with E-state index in [1.165, 1.54) is 0 Å². The zero-order chi connectivity index (χ0) is 5.98. The molecule has 0 spiro atoms. The van der Waals surface area contributed by atoms with Crippen LogP contribution < -0.4 is 29.9 Å². The van der Waals surface area contributed by atoms with Gasteiger partial charge >= 0.3 is 17.1 Å². The summed E-state index contributed by atoms with van der Waals surface area (Å²) in [4.78, 5) is 9.97. The minimum atomic E-state index is -1.08. The Hall–Kier alpha value is 0.529. The van der Waals surface area contributed by atoms with Crippen molar-refractivity contribution in [1.29, 1.82) is 0 Å². The summed E-state index contributed by atoms with van der Waals surface area (Å²) in [7, 11) is 0. The Labute approximate surface area is 88.2 Å². The van der Waals surface area contributed by atoms with E-state index in [9.17, 15) is 9.90 Å². The standard InChI is InChI=1S/C5H8O3.2ClH.Mn/c6-5(7)4-2-1-3-8-4;;;/h4H,1-3H2,(H,6,7);2*1H;/q;;;+3/p-3. The molecule has 6 heteroatoms. The Bertz CT molecular complexity index is 106. The van der Waals surface area contributed by atoms with Crippen LogP contribution in [0.25, 0.3) is 0 Å². The van der Waals surface area contributed by atoms with Crippen molar-refractivity contribution < 1.29 is 56.5 Å². The van der Waals surface area contributed by atoms with Crippen LogP contribution in [0.4, 0.5) is 0 Å². The number of halogens is 2. The maximum atomic E-state index is 9.97. The molecule has 1 rings (SSSR count). The SMILES string of the molecule is O=C([O-])C1CCCO1.[Cl-].[Cl-].[Mn+3]. The van der Waals surface area contributed by atoms with Gasteiger partial charge in [-0.3, -0.25) is 0 Å². The van der Waals surface area contributed by atoms with Gasteiger partial charge in [-0.1, -0.05) is 0 Å². The molecular formula is C5H7Cl2MnO3. The molecule has 0 saturated carbocycles. The molecule has 0 bridgehead atoms. The molecule has 66 valence electrons. The summed E-state index contributed by atoms with van der Waals surface area (Å²) in [6, 6.07) is 0. The van der Waals surface area contributed by atoms with Crippen LogP contribution in [0.15, 0.2) is 0 Å². The van der Waals surface area contributed by atoms with Gasteiger partial charge in [0, 0.05) is 6.61 Å². The fraction of sp³-hybridized carbons (Fsp3) is 0.800. The molecule has 1 atom stereocenters. The van der Waals surface area contributed by atoms with Crippen LogP contribution in [0.5, 0.6) is 0 Å². The Morgan fingerprint density at radius 2 is 2.00 bits per heavy atom. The average molecular weight is 241 g/mol. The fourth-order valence-electron chi connectivity index (χ4n) is 0.764. The summed E-state index contributed by atoms with van der Waals surface area (Å²) in [5.41, 5.74) is 0. The number of rotatable bonds is 1. The second-order valence-corrected chi connectivity index (χ2v) is 1.82. The summed E-state index contributed by atoms with van der Waals surface area (Å²) in [6.45, 7) is 0.568. The minimum absolute atomic E-state index is 0. The van der Waals surface area contributed by atoms with Gasteiger partial charge in [-0.25, -0.2) is 0 Å². The van der Waals surface area contributed by atoms with E-state index in [1.807, 2.05) is 0 Å². The first-order chi connectivity index (χ1) is 3.80. The first kappa shape index (κ1) is 17.6. The van der Waals surface area contributed by atoms with Gasteiger partial charge in [0.2, 0.25) is 0 Å². The number of carbonyl (C=O) groups excluding carboxylic acids is 1. The number of carboxylic acid groups (broad SMARTS) is 1. The van der Waals surface area contributed by atoms with Gasteiger partial charge in [-0.15, -0.1) is 0 Å². The van der Waals surface area contributed by atoms with Crippen molar-refractivity contribution in [3.63, 3.8) is 0 Å². The molecule has 1 fully saturated rings. The molecule has 0 aromatic rings. The first-order valence-corrected chi connectivity index (χ1v) is 2.63. The van der Waals surface area contributed by atoms with E-state index >= 15 is 0 Å². The Kier molecular flexibility index (Phi) is 13.8. The van der Waals surface area contributed by atoms with E-state index in [1.54, 1.807) is 0 Å². The van der Waals surface area contributed by atoms with Gasteiger partial charge in [0.25, 0.3) is 0 Å². The zero-order valence-corrected chi connectivity index (χ0v) is 8.25. The number of hydrogen-bond donors (Lipinski definition) is 0. The predicted octanol–water partition coefficient (Wildman–Crippen LogP) is -7.08. The molecule has 0 aromatic heterocycles. The minimum Gasteiger partial charge on any atom is -1.00 e. The summed E-state index contributed by atoms with van der Waals surface area (Å²) in [5.74, 6) is -1.08. The van der Waals surface area contributed by atoms with Gasteiger partial charge < -0.3 is 39.5 Å². The van der Waals surface area contributed by atoms with E-state index in [0.29, 0.717) is 13.0 Å². The number of hydrogen-bond acceptors (Lipinski definition) is 3. The molecule has 0 amide bonds. The predicted molar refractivity (Wildman–Crippen MR) is 24.0 cm³/mol. The second kappa shape index (κ2) is 8.62. The van der Waals surface area contributed by atoms with E-state index in [2.05, 4.69) is 0 Å². The number of aliphatic carboxylic acids is 1. The molecule has 0 radical (unpaired) electrons. The number of carbonyl (C=O) groups is 1. The van der Waals surface area contributed by atoms with Gasteiger partial charge in [0.15, 0.2) is 0 Å². The quantitative estimate of drug-likeness (QED) is 0.428. The van der Waals surface area contributed by atoms with E-state index in [0.717, 1.165) is 6.42 Å².